The molecule has 1 nitrogen and oxygen atoms in total. The molecule has 0 saturated heterocycles. The van der Waals surface area contributed by atoms with Crippen molar-refractivity contribution in [2.24, 2.45) is 11.8 Å². The zero-order valence-corrected chi connectivity index (χ0v) is 12.9. The lowest BCUT2D eigenvalue weighted by molar-refractivity contribution is 0.0862. The van der Waals surface area contributed by atoms with Gasteiger partial charge in [-0.05, 0) is 37.0 Å². The third kappa shape index (κ3) is 3.36. The van der Waals surface area contributed by atoms with Gasteiger partial charge in [-0.15, -0.1) is 0 Å². The van der Waals surface area contributed by atoms with Crippen LogP contribution in [0.2, 0.25) is 5.02 Å². The van der Waals surface area contributed by atoms with Crippen molar-refractivity contribution in [1.82, 2.24) is 0 Å². The van der Waals surface area contributed by atoms with E-state index in [-0.39, 0.29) is 11.7 Å². The highest BCUT2D eigenvalue weighted by atomic mass is 79.9. The number of carbonyl (C=O) groups is 1. The largest absolute Gasteiger partial charge is 0.294 e. The van der Waals surface area contributed by atoms with Gasteiger partial charge in [0.05, 0.1) is 0 Å². The van der Waals surface area contributed by atoms with E-state index in [9.17, 15) is 4.79 Å². The van der Waals surface area contributed by atoms with E-state index in [1.54, 1.807) is 6.07 Å². The Hall–Kier alpha value is -0.340. The highest BCUT2D eigenvalue weighted by Crippen LogP contribution is 2.33. The van der Waals surface area contributed by atoms with Crippen LogP contribution < -0.4 is 0 Å². The molecular formula is C15H18BrClO. The Morgan fingerprint density at radius 1 is 1.39 bits per heavy atom. The average Bonchev–Trinajstić information content (AvgIpc) is 2.37. The van der Waals surface area contributed by atoms with Crippen LogP contribution >= 0.6 is 27.5 Å². The number of rotatable bonds is 3. The van der Waals surface area contributed by atoms with Crippen molar-refractivity contribution in [1.29, 1.82) is 0 Å². The monoisotopic (exact) mass is 328 g/mol. The van der Waals surface area contributed by atoms with Crippen LogP contribution in [0.4, 0.5) is 0 Å². The Morgan fingerprint density at radius 3 is 2.83 bits per heavy atom. The molecule has 1 aromatic carbocycles. The lowest BCUT2D eigenvalue weighted by Gasteiger charge is -2.27. The van der Waals surface area contributed by atoms with Gasteiger partial charge in [0.2, 0.25) is 0 Å². The van der Waals surface area contributed by atoms with Crippen LogP contribution in [0.25, 0.3) is 0 Å². The predicted molar refractivity (Wildman–Crippen MR) is 79.2 cm³/mol. The third-order valence-corrected chi connectivity index (χ3v) is 4.55. The van der Waals surface area contributed by atoms with Gasteiger partial charge in [0.25, 0.3) is 0 Å². The van der Waals surface area contributed by atoms with Crippen molar-refractivity contribution in [2.75, 3.05) is 0 Å². The molecule has 3 heteroatoms. The molecule has 2 rings (SSSR count). The van der Waals surface area contributed by atoms with Gasteiger partial charge in [-0.1, -0.05) is 53.7 Å². The molecule has 1 saturated carbocycles. The van der Waals surface area contributed by atoms with Gasteiger partial charge in [-0.2, -0.15) is 0 Å². The summed E-state index contributed by atoms with van der Waals surface area (Å²) in [7, 11) is 0. The quantitative estimate of drug-likeness (QED) is 0.669. The average molecular weight is 330 g/mol. The Kier molecular flexibility index (Phi) is 4.85. The van der Waals surface area contributed by atoms with Crippen molar-refractivity contribution >= 4 is 33.3 Å². The SMILES string of the molecule is CCC1CCCC(C(=O)c2cc(Cl)cc(Br)c2)C1. The van der Waals surface area contributed by atoms with E-state index in [0.717, 1.165) is 28.8 Å². The molecule has 1 fully saturated rings. The zero-order chi connectivity index (χ0) is 13.1. The summed E-state index contributed by atoms with van der Waals surface area (Å²) in [6, 6.07) is 5.47. The van der Waals surface area contributed by atoms with E-state index in [4.69, 9.17) is 11.6 Å². The van der Waals surface area contributed by atoms with E-state index in [1.807, 2.05) is 12.1 Å². The molecule has 1 aliphatic rings. The van der Waals surface area contributed by atoms with Gasteiger partial charge >= 0.3 is 0 Å². The first kappa shape index (κ1) is 14.1. The van der Waals surface area contributed by atoms with Crippen LogP contribution in [-0.2, 0) is 0 Å². The summed E-state index contributed by atoms with van der Waals surface area (Å²) in [5.74, 6) is 1.17. The summed E-state index contributed by atoms with van der Waals surface area (Å²) in [4.78, 5) is 12.5. The molecular weight excluding hydrogens is 312 g/mol. The molecule has 0 N–H and O–H groups in total. The number of ketones is 1. The fourth-order valence-corrected chi connectivity index (χ4v) is 3.69. The van der Waals surface area contributed by atoms with Crippen LogP contribution in [0.15, 0.2) is 22.7 Å². The number of carbonyl (C=O) groups excluding carboxylic acids is 1. The second kappa shape index (κ2) is 6.21. The molecule has 2 atom stereocenters. The molecule has 0 bridgehead atoms. The second-order valence-corrected chi connectivity index (χ2v) is 6.51. The Labute approximate surface area is 122 Å². The van der Waals surface area contributed by atoms with Gasteiger partial charge in [-0.3, -0.25) is 4.79 Å². The lowest BCUT2D eigenvalue weighted by atomic mass is 9.77. The first-order valence-electron chi connectivity index (χ1n) is 6.60. The van der Waals surface area contributed by atoms with Gasteiger partial charge in [-0.25, -0.2) is 0 Å². The van der Waals surface area contributed by atoms with Crippen molar-refractivity contribution in [3.05, 3.63) is 33.3 Å². The van der Waals surface area contributed by atoms with E-state index >= 15 is 0 Å². The predicted octanol–water partition coefficient (Wildman–Crippen LogP) is 5.50. The first-order chi connectivity index (χ1) is 8.60. The zero-order valence-electron chi connectivity index (χ0n) is 10.6. The van der Waals surface area contributed by atoms with Gasteiger partial charge in [0, 0.05) is 21.0 Å². The Balaban J connectivity index is 2.15. The highest BCUT2D eigenvalue weighted by Gasteiger charge is 2.27. The van der Waals surface area contributed by atoms with Crippen LogP contribution in [0.3, 0.4) is 0 Å². The minimum absolute atomic E-state index is 0.189. The summed E-state index contributed by atoms with van der Waals surface area (Å²) in [6.07, 6.45) is 5.71. The highest BCUT2D eigenvalue weighted by molar-refractivity contribution is 9.10. The van der Waals surface area contributed by atoms with E-state index < -0.39 is 0 Å². The van der Waals surface area contributed by atoms with Gasteiger partial charge in [0.1, 0.15) is 0 Å². The van der Waals surface area contributed by atoms with E-state index in [1.165, 1.54) is 19.3 Å². The smallest absolute Gasteiger partial charge is 0.166 e. The Bertz CT molecular complexity index is 424. The number of benzene rings is 1. The molecule has 2 unspecified atom stereocenters. The maximum atomic E-state index is 12.5. The van der Waals surface area contributed by atoms with Crippen LogP contribution in [0, 0.1) is 11.8 Å². The Morgan fingerprint density at radius 2 is 2.17 bits per heavy atom. The molecule has 0 aromatic heterocycles. The van der Waals surface area contributed by atoms with Crippen LogP contribution in [0.1, 0.15) is 49.4 Å². The number of hydrogen-bond acceptors (Lipinski definition) is 1. The number of hydrogen-bond donors (Lipinski definition) is 0. The summed E-state index contributed by atoms with van der Waals surface area (Å²) >= 11 is 9.40. The molecule has 0 amide bonds. The standard InChI is InChI=1S/C15H18BrClO/c1-2-10-4-3-5-11(6-10)15(18)12-7-13(16)9-14(17)8-12/h7-11H,2-6H2,1H3. The van der Waals surface area contributed by atoms with Gasteiger partial charge < -0.3 is 0 Å². The van der Waals surface area contributed by atoms with E-state index in [0.29, 0.717) is 5.02 Å². The normalized spacial score (nSPS) is 23.9. The topological polar surface area (TPSA) is 17.1 Å². The maximum Gasteiger partial charge on any atom is 0.166 e. The number of halogens is 2. The van der Waals surface area contributed by atoms with Crippen molar-refractivity contribution in [2.45, 2.75) is 39.0 Å². The van der Waals surface area contributed by atoms with Crippen molar-refractivity contribution < 1.29 is 4.79 Å². The minimum Gasteiger partial charge on any atom is -0.294 e. The fourth-order valence-electron chi connectivity index (χ4n) is 2.83. The number of Topliss-reactive ketones (excluding diaryl/α,β-unsaturated/α-hetero) is 1. The van der Waals surface area contributed by atoms with E-state index in [2.05, 4.69) is 22.9 Å². The fraction of sp³-hybridized carbons (Fsp3) is 0.533. The molecule has 0 spiro atoms. The van der Waals surface area contributed by atoms with Crippen molar-refractivity contribution in [3.63, 3.8) is 0 Å². The van der Waals surface area contributed by atoms with Crippen molar-refractivity contribution in [3.8, 4) is 0 Å². The molecule has 18 heavy (non-hydrogen) atoms. The van der Waals surface area contributed by atoms with Gasteiger partial charge in [0.15, 0.2) is 5.78 Å². The first-order valence-corrected chi connectivity index (χ1v) is 7.77. The molecule has 0 aliphatic heterocycles. The maximum absolute atomic E-state index is 12.5. The van der Waals surface area contributed by atoms with Crippen LogP contribution in [-0.4, -0.2) is 5.78 Å². The third-order valence-electron chi connectivity index (χ3n) is 3.88. The summed E-state index contributed by atoms with van der Waals surface area (Å²) in [6.45, 7) is 2.22. The molecule has 0 heterocycles. The molecule has 1 aliphatic carbocycles. The summed E-state index contributed by atoms with van der Waals surface area (Å²) in [5.41, 5.74) is 0.746. The molecule has 0 radical (unpaired) electrons. The lowest BCUT2D eigenvalue weighted by Crippen LogP contribution is -2.22. The summed E-state index contributed by atoms with van der Waals surface area (Å²) in [5, 5.41) is 0.621. The second-order valence-electron chi connectivity index (χ2n) is 5.16. The van der Waals surface area contributed by atoms with Crippen LogP contribution in [0.5, 0.6) is 0 Å². The molecule has 1 aromatic rings. The minimum atomic E-state index is 0.189. The molecule has 98 valence electrons. The summed E-state index contributed by atoms with van der Waals surface area (Å²) < 4.78 is 0.876.